The highest BCUT2D eigenvalue weighted by molar-refractivity contribution is 7.75. The Morgan fingerprint density at radius 3 is 1.83 bits per heavy atom. The molecule has 0 aliphatic heterocycles. The smallest absolute Gasteiger partial charge is 0.152 e. The average Bonchev–Trinajstić information content (AvgIpc) is 2.59. The van der Waals surface area contributed by atoms with Gasteiger partial charge in [0.1, 0.15) is 11.5 Å². The highest BCUT2D eigenvalue weighted by Gasteiger charge is 2.17. The molecular formula is C18H16O3S3. The molecule has 3 aromatic carbocycles. The van der Waals surface area contributed by atoms with Gasteiger partial charge in [0.05, 0.1) is 0 Å². The van der Waals surface area contributed by atoms with Gasteiger partial charge in [-0.05, 0) is 48.7 Å². The topological polar surface area (TPSA) is 27.7 Å². The van der Waals surface area contributed by atoms with Gasteiger partial charge in [0.15, 0.2) is 5.75 Å². The summed E-state index contributed by atoms with van der Waals surface area (Å²) in [6, 6.07) is 13.7. The second kappa shape index (κ2) is 7.09. The average molecular weight is 377 g/mol. The molecule has 0 unspecified atom stereocenters. The van der Waals surface area contributed by atoms with Gasteiger partial charge in [-0.15, -0.1) is 0 Å². The fourth-order valence-electron chi connectivity index (χ4n) is 2.95. The van der Waals surface area contributed by atoms with Crippen molar-refractivity contribution in [3.63, 3.8) is 0 Å². The van der Waals surface area contributed by atoms with Crippen LogP contribution in [-0.2, 0) is 0 Å². The maximum absolute atomic E-state index is 5.42. The van der Waals surface area contributed by atoms with Gasteiger partial charge in [-0.25, -0.2) is 0 Å². The summed E-state index contributed by atoms with van der Waals surface area (Å²) in [5, 5.41) is 1.81. The van der Waals surface area contributed by atoms with Gasteiger partial charge in [-0.1, -0.05) is 24.3 Å². The van der Waals surface area contributed by atoms with E-state index in [0.717, 1.165) is 38.8 Å². The molecule has 0 amide bonds. The van der Waals surface area contributed by atoms with Gasteiger partial charge in [0.25, 0.3) is 0 Å². The standard InChI is InChI=1S/C18H16O3S3/c1-10-7-12(8-11(2)17(10)20-23)15-9-16(19-22)13-5-3-4-6-14(13)18(15)21-24/h3-9,22-24H,1-2H3. The SMILES string of the molecule is Cc1cc(-c2cc(OS)c3ccccc3c2OS)cc(C)c1OS. The van der Waals surface area contributed by atoms with Crippen LogP contribution < -0.4 is 12.5 Å². The molecule has 0 bridgehead atoms. The van der Waals surface area contributed by atoms with Crippen molar-refractivity contribution in [3.8, 4) is 28.4 Å². The van der Waals surface area contributed by atoms with Gasteiger partial charge in [0.2, 0.25) is 0 Å². The van der Waals surface area contributed by atoms with E-state index in [1.807, 2.05) is 56.3 Å². The van der Waals surface area contributed by atoms with Crippen LogP contribution >= 0.6 is 38.7 Å². The van der Waals surface area contributed by atoms with E-state index in [4.69, 9.17) is 12.5 Å². The molecule has 0 saturated heterocycles. The van der Waals surface area contributed by atoms with E-state index in [9.17, 15) is 0 Å². The Bertz CT molecular complexity index is 886. The van der Waals surface area contributed by atoms with Gasteiger partial charge < -0.3 is 12.5 Å². The van der Waals surface area contributed by atoms with Crippen LogP contribution in [0.15, 0.2) is 42.5 Å². The minimum Gasteiger partial charge on any atom is -0.428 e. The Labute approximate surface area is 157 Å². The van der Waals surface area contributed by atoms with Crippen molar-refractivity contribution in [2.45, 2.75) is 13.8 Å². The Balaban J connectivity index is 2.34. The summed E-state index contributed by atoms with van der Waals surface area (Å²) in [7, 11) is 0. The minimum absolute atomic E-state index is 0.655. The van der Waals surface area contributed by atoms with Crippen molar-refractivity contribution in [3.05, 3.63) is 53.6 Å². The zero-order valence-corrected chi connectivity index (χ0v) is 15.8. The first-order chi connectivity index (χ1) is 11.6. The van der Waals surface area contributed by atoms with Crippen molar-refractivity contribution in [1.82, 2.24) is 0 Å². The molecule has 3 rings (SSSR count). The molecular weight excluding hydrogens is 360 g/mol. The third-order valence-electron chi connectivity index (χ3n) is 4.01. The predicted octanol–water partition coefficient (Wildman–Crippen LogP) is 5.79. The van der Waals surface area contributed by atoms with E-state index in [2.05, 4.69) is 38.7 Å². The molecule has 24 heavy (non-hydrogen) atoms. The third-order valence-corrected chi connectivity index (χ3v) is 4.57. The monoisotopic (exact) mass is 376 g/mol. The van der Waals surface area contributed by atoms with E-state index < -0.39 is 0 Å². The Hall–Kier alpha value is -1.63. The van der Waals surface area contributed by atoms with Gasteiger partial charge in [-0.2, -0.15) is 0 Å². The van der Waals surface area contributed by atoms with Crippen LogP contribution in [0.2, 0.25) is 0 Å². The first-order valence-electron chi connectivity index (χ1n) is 7.22. The number of thiol groups is 3. The Morgan fingerprint density at radius 1 is 0.708 bits per heavy atom. The van der Waals surface area contributed by atoms with E-state index in [1.54, 1.807) is 0 Å². The summed E-state index contributed by atoms with van der Waals surface area (Å²) < 4.78 is 15.8. The molecule has 124 valence electrons. The molecule has 0 saturated carbocycles. The van der Waals surface area contributed by atoms with E-state index in [1.165, 1.54) is 0 Å². The molecule has 0 aliphatic rings. The van der Waals surface area contributed by atoms with Gasteiger partial charge in [0, 0.05) is 55.1 Å². The number of hydrogen-bond acceptors (Lipinski definition) is 6. The van der Waals surface area contributed by atoms with Crippen LogP contribution in [0.3, 0.4) is 0 Å². The van der Waals surface area contributed by atoms with Gasteiger partial charge >= 0.3 is 0 Å². The van der Waals surface area contributed by atoms with E-state index in [-0.39, 0.29) is 0 Å². The fourth-order valence-corrected chi connectivity index (χ4v) is 3.59. The maximum Gasteiger partial charge on any atom is 0.152 e. The lowest BCUT2D eigenvalue weighted by Crippen LogP contribution is -1.92. The quantitative estimate of drug-likeness (QED) is 0.397. The summed E-state index contributed by atoms with van der Waals surface area (Å²) in [4.78, 5) is 0. The first kappa shape index (κ1) is 17.2. The normalized spacial score (nSPS) is 10.7. The third kappa shape index (κ3) is 2.90. The molecule has 0 N–H and O–H groups in total. The van der Waals surface area contributed by atoms with Crippen molar-refractivity contribution in [2.75, 3.05) is 0 Å². The van der Waals surface area contributed by atoms with Crippen LogP contribution in [0.5, 0.6) is 17.2 Å². The fraction of sp³-hybridized carbons (Fsp3) is 0.111. The van der Waals surface area contributed by atoms with Crippen molar-refractivity contribution >= 4 is 49.5 Å². The van der Waals surface area contributed by atoms with Crippen LogP contribution in [0.4, 0.5) is 0 Å². The summed E-state index contributed by atoms with van der Waals surface area (Å²) in [5.41, 5.74) is 3.79. The lowest BCUT2D eigenvalue weighted by atomic mass is 9.96. The zero-order valence-electron chi connectivity index (χ0n) is 13.1. The molecule has 0 fully saturated rings. The number of fused-ring (bicyclic) bond motifs is 1. The summed E-state index contributed by atoms with van der Waals surface area (Å²) in [6.07, 6.45) is 0. The second-order valence-corrected chi connectivity index (χ2v) is 6.06. The summed E-state index contributed by atoms with van der Waals surface area (Å²) in [5.74, 6) is 2.08. The minimum atomic E-state index is 0.655. The van der Waals surface area contributed by atoms with Crippen molar-refractivity contribution in [2.24, 2.45) is 0 Å². The van der Waals surface area contributed by atoms with Crippen LogP contribution in [0, 0.1) is 13.8 Å². The molecule has 3 aromatic rings. The van der Waals surface area contributed by atoms with Crippen molar-refractivity contribution < 1.29 is 12.5 Å². The number of rotatable bonds is 4. The molecule has 0 atom stereocenters. The molecule has 0 spiro atoms. The maximum atomic E-state index is 5.42. The largest absolute Gasteiger partial charge is 0.428 e. The molecule has 3 nitrogen and oxygen atoms in total. The Morgan fingerprint density at radius 2 is 1.29 bits per heavy atom. The number of benzene rings is 3. The second-order valence-electron chi connectivity index (χ2n) is 5.51. The predicted molar refractivity (Wildman–Crippen MR) is 108 cm³/mol. The molecule has 0 aliphatic carbocycles. The van der Waals surface area contributed by atoms with Crippen LogP contribution in [0.25, 0.3) is 21.9 Å². The molecule has 6 heteroatoms. The zero-order chi connectivity index (χ0) is 17.3. The molecule has 0 radical (unpaired) electrons. The lowest BCUT2D eigenvalue weighted by Gasteiger charge is -2.16. The van der Waals surface area contributed by atoms with Crippen LogP contribution in [0.1, 0.15) is 11.1 Å². The van der Waals surface area contributed by atoms with Crippen molar-refractivity contribution in [1.29, 1.82) is 0 Å². The lowest BCUT2D eigenvalue weighted by molar-refractivity contribution is 0.645. The molecule has 0 heterocycles. The summed E-state index contributed by atoms with van der Waals surface area (Å²) in [6.45, 7) is 3.95. The van der Waals surface area contributed by atoms with Gasteiger partial charge in [-0.3, -0.25) is 0 Å². The highest BCUT2D eigenvalue weighted by Crippen LogP contribution is 2.44. The summed E-state index contributed by atoms with van der Waals surface area (Å²) >= 11 is 12.0. The number of aryl methyl sites for hydroxylation is 2. The van der Waals surface area contributed by atoms with E-state index >= 15 is 0 Å². The first-order valence-corrected chi connectivity index (χ1v) is 8.31. The molecule has 0 aromatic heterocycles. The Kier molecular flexibility index (Phi) is 5.08. The highest BCUT2D eigenvalue weighted by atomic mass is 32.1. The van der Waals surface area contributed by atoms with E-state index in [0.29, 0.717) is 11.5 Å². The number of hydrogen-bond donors (Lipinski definition) is 3. The van der Waals surface area contributed by atoms with Crippen LogP contribution in [-0.4, -0.2) is 0 Å².